The van der Waals surface area contributed by atoms with Gasteiger partial charge in [-0.25, -0.2) is 15.0 Å². The molecule has 1 fully saturated rings. The molecule has 134 valence electrons. The number of nitrogens with zero attached hydrogens (tertiary/aromatic N) is 5. The molecule has 0 spiro atoms. The summed E-state index contributed by atoms with van der Waals surface area (Å²) in [6.45, 7) is 2.18. The zero-order valence-electron chi connectivity index (χ0n) is 14.3. The van der Waals surface area contributed by atoms with Crippen LogP contribution in [-0.4, -0.2) is 43.4 Å². The van der Waals surface area contributed by atoms with Crippen LogP contribution in [0.15, 0.2) is 41.6 Å². The molecular formula is C18H20N6OS. The predicted molar refractivity (Wildman–Crippen MR) is 100.0 cm³/mol. The number of nitrogens with two attached hydrogens (primary N) is 1. The number of anilines is 1. The first-order chi connectivity index (χ1) is 12.7. The van der Waals surface area contributed by atoms with E-state index in [0.29, 0.717) is 17.3 Å². The number of thiazole rings is 1. The van der Waals surface area contributed by atoms with Gasteiger partial charge in [0, 0.05) is 43.0 Å². The summed E-state index contributed by atoms with van der Waals surface area (Å²) in [7, 11) is 0. The quantitative estimate of drug-likeness (QED) is 0.764. The maximum absolute atomic E-state index is 12.6. The van der Waals surface area contributed by atoms with Crippen LogP contribution < -0.4 is 5.73 Å². The van der Waals surface area contributed by atoms with Gasteiger partial charge in [0.2, 0.25) is 0 Å². The average molecular weight is 368 g/mol. The molecule has 1 aliphatic heterocycles. The zero-order chi connectivity index (χ0) is 17.9. The van der Waals surface area contributed by atoms with Crippen molar-refractivity contribution in [1.82, 2.24) is 24.4 Å². The SMILES string of the molecule is Nc1ccc(C(=O)N2CCC(c3nccn3Cc3cscn3)CC2)cn1. The number of rotatable bonds is 4. The molecule has 0 aromatic carbocycles. The Labute approximate surface area is 155 Å². The summed E-state index contributed by atoms with van der Waals surface area (Å²) >= 11 is 1.60. The smallest absolute Gasteiger partial charge is 0.255 e. The van der Waals surface area contributed by atoms with Crippen LogP contribution in [0.1, 0.15) is 40.6 Å². The molecular weight excluding hydrogens is 348 g/mol. The third-order valence-corrected chi connectivity index (χ3v) is 5.38. The molecule has 26 heavy (non-hydrogen) atoms. The Bertz CT molecular complexity index is 865. The summed E-state index contributed by atoms with van der Waals surface area (Å²) in [6.07, 6.45) is 7.21. The van der Waals surface area contributed by atoms with Crippen molar-refractivity contribution in [3.63, 3.8) is 0 Å². The molecule has 4 heterocycles. The number of pyridine rings is 1. The molecule has 0 aliphatic carbocycles. The van der Waals surface area contributed by atoms with E-state index in [1.54, 1.807) is 29.7 Å². The largest absolute Gasteiger partial charge is 0.384 e. The third kappa shape index (κ3) is 3.45. The zero-order valence-corrected chi connectivity index (χ0v) is 15.1. The number of hydrogen-bond acceptors (Lipinski definition) is 6. The molecule has 2 N–H and O–H groups in total. The number of hydrogen-bond donors (Lipinski definition) is 1. The molecule has 0 unspecified atom stereocenters. The van der Waals surface area contributed by atoms with Crippen molar-refractivity contribution in [2.75, 3.05) is 18.8 Å². The number of aromatic nitrogens is 4. The topological polar surface area (TPSA) is 89.9 Å². The fourth-order valence-electron chi connectivity index (χ4n) is 3.36. The molecule has 0 saturated carbocycles. The van der Waals surface area contributed by atoms with Crippen molar-refractivity contribution in [1.29, 1.82) is 0 Å². The summed E-state index contributed by atoms with van der Waals surface area (Å²) in [5.41, 5.74) is 9.08. The van der Waals surface area contributed by atoms with Gasteiger partial charge in [0.25, 0.3) is 5.91 Å². The lowest BCUT2D eigenvalue weighted by molar-refractivity contribution is 0.0710. The first-order valence-corrected chi connectivity index (χ1v) is 9.54. The van der Waals surface area contributed by atoms with Gasteiger partial charge in [-0.2, -0.15) is 0 Å². The van der Waals surface area contributed by atoms with Crippen molar-refractivity contribution in [3.05, 3.63) is 58.7 Å². The molecule has 1 amide bonds. The molecule has 3 aromatic rings. The summed E-state index contributed by atoms with van der Waals surface area (Å²) in [4.78, 5) is 27.4. The van der Waals surface area contributed by atoms with E-state index in [1.165, 1.54) is 0 Å². The van der Waals surface area contributed by atoms with E-state index in [1.807, 2.05) is 22.8 Å². The Balaban J connectivity index is 1.40. The highest BCUT2D eigenvalue weighted by atomic mass is 32.1. The van der Waals surface area contributed by atoms with Gasteiger partial charge in [-0.15, -0.1) is 11.3 Å². The highest BCUT2D eigenvalue weighted by molar-refractivity contribution is 7.07. The molecule has 0 atom stereocenters. The van der Waals surface area contributed by atoms with Crippen molar-refractivity contribution in [3.8, 4) is 0 Å². The van der Waals surface area contributed by atoms with Crippen LogP contribution in [0.2, 0.25) is 0 Å². The van der Waals surface area contributed by atoms with Crippen molar-refractivity contribution < 1.29 is 4.79 Å². The molecule has 4 rings (SSSR count). The van der Waals surface area contributed by atoms with Crippen molar-refractivity contribution in [2.24, 2.45) is 0 Å². The van der Waals surface area contributed by atoms with Crippen LogP contribution in [0.3, 0.4) is 0 Å². The standard InChI is InChI=1S/C18H20N6OS/c19-16-2-1-14(9-21-16)18(25)23-6-3-13(4-7-23)17-20-5-8-24(17)10-15-11-26-12-22-15/h1-2,5,8-9,11-13H,3-4,6-7,10H2,(H2,19,21). The number of piperidine rings is 1. The highest BCUT2D eigenvalue weighted by Gasteiger charge is 2.27. The minimum absolute atomic E-state index is 0.0155. The minimum Gasteiger partial charge on any atom is -0.384 e. The summed E-state index contributed by atoms with van der Waals surface area (Å²) in [5.74, 6) is 1.88. The van der Waals surface area contributed by atoms with E-state index in [4.69, 9.17) is 5.73 Å². The van der Waals surface area contributed by atoms with Gasteiger partial charge in [-0.05, 0) is 25.0 Å². The minimum atomic E-state index is 0.0155. The molecule has 7 nitrogen and oxygen atoms in total. The fraction of sp³-hybridized carbons (Fsp3) is 0.333. The van der Waals surface area contributed by atoms with Crippen LogP contribution in [0.4, 0.5) is 5.82 Å². The predicted octanol–water partition coefficient (Wildman–Crippen LogP) is 2.38. The Morgan fingerprint density at radius 3 is 2.77 bits per heavy atom. The lowest BCUT2D eigenvalue weighted by atomic mass is 9.95. The number of nitrogen functional groups attached to an aromatic ring is 1. The van der Waals surface area contributed by atoms with Gasteiger partial charge in [-0.3, -0.25) is 4.79 Å². The van der Waals surface area contributed by atoms with E-state index in [9.17, 15) is 4.79 Å². The van der Waals surface area contributed by atoms with Gasteiger partial charge in [0.15, 0.2) is 0 Å². The third-order valence-electron chi connectivity index (χ3n) is 4.74. The summed E-state index contributed by atoms with van der Waals surface area (Å²) in [6, 6.07) is 3.40. The van der Waals surface area contributed by atoms with E-state index >= 15 is 0 Å². The average Bonchev–Trinajstić information content (AvgIpc) is 3.34. The second-order valence-corrected chi connectivity index (χ2v) is 7.15. The van der Waals surface area contributed by atoms with Gasteiger partial charge >= 0.3 is 0 Å². The number of imidazole rings is 1. The maximum atomic E-state index is 12.6. The van der Waals surface area contributed by atoms with Crippen LogP contribution in [-0.2, 0) is 6.54 Å². The van der Waals surface area contributed by atoms with Crippen LogP contribution in [0, 0.1) is 0 Å². The van der Waals surface area contributed by atoms with Crippen molar-refractivity contribution >= 4 is 23.1 Å². The Morgan fingerprint density at radius 2 is 2.08 bits per heavy atom. The van der Waals surface area contributed by atoms with Crippen LogP contribution in [0.25, 0.3) is 0 Å². The number of carbonyl (C=O) groups is 1. The van der Waals surface area contributed by atoms with E-state index in [0.717, 1.165) is 44.0 Å². The fourth-order valence-corrected chi connectivity index (χ4v) is 3.91. The second kappa shape index (κ2) is 7.25. The van der Waals surface area contributed by atoms with Crippen molar-refractivity contribution in [2.45, 2.75) is 25.3 Å². The Kier molecular flexibility index (Phi) is 4.66. The lowest BCUT2D eigenvalue weighted by Crippen LogP contribution is -2.38. The first-order valence-electron chi connectivity index (χ1n) is 8.59. The van der Waals surface area contributed by atoms with Crippen LogP contribution >= 0.6 is 11.3 Å². The van der Waals surface area contributed by atoms with Crippen LogP contribution in [0.5, 0.6) is 0 Å². The van der Waals surface area contributed by atoms with E-state index in [2.05, 4.69) is 24.9 Å². The first kappa shape index (κ1) is 16.7. The summed E-state index contributed by atoms with van der Waals surface area (Å²) < 4.78 is 2.17. The Morgan fingerprint density at radius 1 is 1.23 bits per heavy atom. The normalized spacial score (nSPS) is 15.3. The highest BCUT2D eigenvalue weighted by Crippen LogP contribution is 2.28. The van der Waals surface area contributed by atoms with Gasteiger partial charge in [0.05, 0.1) is 23.3 Å². The van der Waals surface area contributed by atoms with Gasteiger partial charge < -0.3 is 15.2 Å². The van der Waals surface area contributed by atoms with Gasteiger partial charge in [-0.1, -0.05) is 0 Å². The molecule has 0 radical (unpaired) electrons. The monoisotopic (exact) mass is 368 g/mol. The molecule has 8 heteroatoms. The van der Waals surface area contributed by atoms with E-state index < -0.39 is 0 Å². The molecule has 3 aromatic heterocycles. The molecule has 1 aliphatic rings. The maximum Gasteiger partial charge on any atom is 0.255 e. The number of likely N-dealkylation sites (tertiary alicyclic amines) is 1. The molecule has 1 saturated heterocycles. The number of amides is 1. The molecule has 0 bridgehead atoms. The van der Waals surface area contributed by atoms with E-state index in [-0.39, 0.29) is 5.91 Å². The Hall–Kier alpha value is -2.74. The second-order valence-electron chi connectivity index (χ2n) is 6.43. The lowest BCUT2D eigenvalue weighted by Gasteiger charge is -2.32. The van der Waals surface area contributed by atoms with Gasteiger partial charge in [0.1, 0.15) is 11.6 Å². The number of carbonyl (C=O) groups excluding carboxylic acids is 1. The summed E-state index contributed by atoms with van der Waals surface area (Å²) in [5, 5.41) is 2.06.